The van der Waals surface area contributed by atoms with Crippen LogP contribution in [0.25, 0.3) is 0 Å². The summed E-state index contributed by atoms with van der Waals surface area (Å²) in [5.74, 6) is 0. The Morgan fingerprint density at radius 2 is 1.55 bits per heavy atom. The standard InChI is InChI=1S/C19H31N3/c1-17(2)21-12-14-22(15-13-21)19-8-10-20(11-9-19)16-18-6-4-3-5-7-18/h3-7,17,19H,8-16H2,1-2H3. The van der Waals surface area contributed by atoms with E-state index in [2.05, 4.69) is 58.9 Å². The van der Waals surface area contributed by atoms with Gasteiger partial charge in [0, 0.05) is 44.8 Å². The molecule has 3 heteroatoms. The summed E-state index contributed by atoms with van der Waals surface area (Å²) in [5, 5.41) is 0. The first kappa shape index (κ1) is 16.0. The Kier molecular flexibility index (Phi) is 5.51. The molecule has 0 amide bonds. The topological polar surface area (TPSA) is 9.72 Å². The second-order valence-electron chi connectivity index (χ2n) is 7.16. The van der Waals surface area contributed by atoms with Crippen LogP contribution in [0.5, 0.6) is 0 Å². The lowest BCUT2D eigenvalue weighted by molar-refractivity contribution is 0.0471. The molecule has 2 fully saturated rings. The zero-order valence-corrected chi connectivity index (χ0v) is 14.2. The third-order valence-electron chi connectivity index (χ3n) is 5.40. The van der Waals surface area contributed by atoms with Crippen molar-refractivity contribution in [2.45, 2.75) is 45.3 Å². The van der Waals surface area contributed by atoms with Crippen LogP contribution in [0.15, 0.2) is 30.3 Å². The van der Waals surface area contributed by atoms with Gasteiger partial charge in [-0.05, 0) is 45.3 Å². The van der Waals surface area contributed by atoms with Gasteiger partial charge in [-0.3, -0.25) is 14.7 Å². The predicted octanol–water partition coefficient (Wildman–Crippen LogP) is 2.68. The highest BCUT2D eigenvalue weighted by Crippen LogP contribution is 2.20. The largest absolute Gasteiger partial charge is 0.299 e. The summed E-state index contributed by atoms with van der Waals surface area (Å²) in [7, 11) is 0. The summed E-state index contributed by atoms with van der Waals surface area (Å²) in [6.07, 6.45) is 2.68. The van der Waals surface area contributed by atoms with Crippen molar-refractivity contribution in [2.24, 2.45) is 0 Å². The van der Waals surface area contributed by atoms with Gasteiger partial charge in [0.25, 0.3) is 0 Å². The van der Waals surface area contributed by atoms with E-state index in [1.807, 2.05) is 0 Å². The monoisotopic (exact) mass is 301 g/mol. The molecule has 2 heterocycles. The molecule has 2 saturated heterocycles. The molecule has 0 N–H and O–H groups in total. The lowest BCUT2D eigenvalue weighted by atomic mass is 10.0. The summed E-state index contributed by atoms with van der Waals surface area (Å²) in [6, 6.07) is 12.4. The average molecular weight is 301 g/mol. The molecule has 0 spiro atoms. The van der Waals surface area contributed by atoms with Crippen LogP contribution < -0.4 is 0 Å². The molecular weight excluding hydrogens is 270 g/mol. The SMILES string of the molecule is CC(C)N1CCN(C2CCN(Cc3ccccc3)CC2)CC1. The van der Waals surface area contributed by atoms with Gasteiger partial charge in [-0.15, -0.1) is 0 Å². The smallest absolute Gasteiger partial charge is 0.0233 e. The number of piperidine rings is 1. The first-order valence-electron chi connectivity index (χ1n) is 8.97. The molecule has 0 radical (unpaired) electrons. The minimum absolute atomic E-state index is 0.704. The highest BCUT2D eigenvalue weighted by molar-refractivity contribution is 5.14. The Balaban J connectivity index is 1.42. The fourth-order valence-electron chi connectivity index (χ4n) is 3.90. The number of hydrogen-bond acceptors (Lipinski definition) is 3. The number of nitrogens with zero attached hydrogens (tertiary/aromatic N) is 3. The van der Waals surface area contributed by atoms with Crippen molar-refractivity contribution in [1.29, 1.82) is 0 Å². The maximum Gasteiger partial charge on any atom is 0.0233 e. The van der Waals surface area contributed by atoms with E-state index < -0.39 is 0 Å². The molecule has 22 heavy (non-hydrogen) atoms. The van der Waals surface area contributed by atoms with Crippen LogP contribution in [-0.2, 0) is 6.54 Å². The minimum Gasteiger partial charge on any atom is -0.299 e. The van der Waals surface area contributed by atoms with Crippen LogP contribution in [0.1, 0.15) is 32.3 Å². The Bertz CT molecular complexity index is 429. The van der Waals surface area contributed by atoms with E-state index in [0.29, 0.717) is 6.04 Å². The molecule has 0 bridgehead atoms. The zero-order chi connectivity index (χ0) is 15.4. The van der Waals surface area contributed by atoms with E-state index in [-0.39, 0.29) is 0 Å². The van der Waals surface area contributed by atoms with E-state index in [1.165, 1.54) is 57.7 Å². The van der Waals surface area contributed by atoms with Gasteiger partial charge in [0.2, 0.25) is 0 Å². The van der Waals surface area contributed by atoms with Crippen LogP contribution in [0.4, 0.5) is 0 Å². The summed E-state index contributed by atoms with van der Waals surface area (Å²) in [6.45, 7) is 13.3. The predicted molar refractivity (Wildman–Crippen MR) is 93.0 cm³/mol. The molecular formula is C19H31N3. The normalized spacial score (nSPS) is 23.2. The van der Waals surface area contributed by atoms with Crippen molar-refractivity contribution in [3.8, 4) is 0 Å². The Morgan fingerprint density at radius 1 is 0.909 bits per heavy atom. The first-order valence-corrected chi connectivity index (χ1v) is 8.97. The van der Waals surface area contributed by atoms with Gasteiger partial charge in [-0.2, -0.15) is 0 Å². The van der Waals surface area contributed by atoms with Gasteiger partial charge in [0.1, 0.15) is 0 Å². The Labute approximate surface area is 135 Å². The molecule has 1 aromatic carbocycles. The van der Waals surface area contributed by atoms with E-state index in [4.69, 9.17) is 0 Å². The van der Waals surface area contributed by atoms with Gasteiger partial charge >= 0.3 is 0 Å². The van der Waals surface area contributed by atoms with E-state index in [9.17, 15) is 0 Å². The number of likely N-dealkylation sites (tertiary alicyclic amines) is 1. The van der Waals surface area contributed by atoms with Crippen LogP contribution >= 0.6 is 0 Å². The van der Waals surface area contributed by atoms with Gasteiger partial charge in [0.15, 0.2) is 0 Å². The maximum atomic E-state index is 2.75. The lowest BCUT2D eigenvalue weighted by Crippen LogP contribution is -2.54. The molecule has 0 unspecified atom stereocenters. The summed E-state index contributed by atoms with van der Waals surface area (Å²) in [4.78, 5) is 7.98. The highest BCUT2D eigenvalue weighted by Gasteiger charge is 2.27. The molecule has 0 atom stereocenters. The Morgan fingerprint density at radius 3 is 2.14 bits per heavy atom. The van der Waals surface area contributed by atoms with Crippen molar-refractivity contribution < 1.29 is 0 Å². The van der Waals surface area contributed by atoms with E-state index in [0.717, 1.165) is 12.6 Å². The van der Waals surface area contributed by atoms with Gasteiger partial charge in [-0.1, -0.05) is 30.3 Å². The van der Waals surface area contributed by atoms with Gasteiger partial charge in [0.05, 0.1) is 0 Å². The second-order valence-corrected chi connectivity index (χ2v) is 7.16. The van der Waals surface area contributed by atoms with Crippen molar-refractivity contribution in [1.82, 2.24) is 14.7 Å². The summed E-state index contributed by atoms with van der Waals surface area (Å²) < 4.78 is 0. The number of piperazine rings is 1. The lowest BCUT2D eigenvalue weighted by Gasteiger charge is -2.43. The number of hydrogen-bond donors (Lipinski definition) is 0. The summed E-state index contributed by atoms with van der Waals surface area (Å²) >= 11 is 0. The van der Waals surface area contributed by atoms with E-state index in [1.54, 1.807) is 0 Å². The molecule has 3 nitrogen and oxygen atoms in total. The van der Waals surface area contributed by atoms with Crippen LogP contribution in [0.2, 0.25) is 0 Å². The molecule has 0 saturated carbocycles. The zero-order valence-electron chi connectivity index (χ0n) is 14.2. The van der Waals surface area contributed by atoms with E-state index >= 15 is 0 Å². The van der Waals surface area contributed by atoms with Crippen molar-refractivity contribution in [3.63, 3.8) is 0 Å². The molecule has 0 aromatic heterocycles. The van der Waals surface area contributed by atoms with Crippen molar-refractivity contribution >= 4 is 0 Å². The Hall–Kier alpha value is -0.900. The molecule has 1 aromatic rings. The quantitative estimate of drug-likeness (QED) is 0.846. The van der Waals surface area contributed by atoms with Crippen LogP contribution in [0, 0.1) is 0 Å². The third kappa shape index (κ3) is 4.09. The average Bonchev–Trinajstić information content (AvgIpc) is 2.57. The fraction of sp³-hybridized carbons (Fsp3) is 0.684. The summed E-state index contributed by atoms with van der Waals surface area (Å²) in [5.41, 5.74) is 1.45. The van der Waals surface area contributed by atoms with Crippen molar-refractivity contribution in [2.75, 3.05) is 39.3 Å². The highest BCUT2D eigenvalue weighted by atomic mass is 15.3. The fourth-order valence-corrected chi connectivity index (χ4v) is 3.90. The minimum atomic E-state index is 0.704. The van der Waals surface area contributed by atoms with Gasteiger partial charge in [-0.25, -0.2) is 0 Å². The first-order chi connectivity index (χ1) is 10.7. The molecule has 122 valence electrons. The molecule has 2 aliphatic heterocycles. The second kappa shape index (κ2) is 7.58. The molecule has 0 aliphatic carbocycles. The third-order valence-corrected chi connectivity index (χ3v) is 5.40. The number of rotatable bonds is 4. The maximum absolute atomic E-state index is 2.75. The molecule has 2 aliphatic rings. The number of benzene rings is 1. The molecule has 3 rings (SSSR count). The van der Waals surface area contributed by atoms with Crippen LogP contribution in [0.3, 0.4) is 0 Å². The van der Waals surface area contributed by atoms with Crippen molar-refractivity contribution in [3.05, 3.63) is 35.9 Å². The van der Waals surface area contributed by atoms with Gasteiger partial charge < -0.3 is 0 Å². The van der Waals surface area contributed by atoms with Crippen LogP contribution in [-0.4, -0.2) is 66.1 Å².